The topological polar surface area (TPSA) is 29.3 Å². The van der Waals surface area contributed by atoms with Crippen LogP contribution in [0.15, 0.2) is 22.7 Å². The van der Waals surface area contributed by atoms with Gasteiger partial charge in [-0.25, -0.2) is 0 Å². The molecule has 1 aliphatic rings. The number of rotatable bonds is 4. The smallest absolute Gasteiger partial charge is 0.0402 e. The van der Waals surface area contributed by atoms with Crippen LogP contribution < -0.4 is 10.6 Å². The molecule has 20 heavy (non-hydrogen) atoms. The van der Waals surface area contributed by atoms with Crippen LogP contribution in [0.4, 0.5) is 5.69 Å². The van der Waals surface area contributed by atoms with Gasteiger partial charge in [-0.05, 0) is 62.3 Å². The highest BCUT2D eigenvalue weighted by Gasteiger charge is 2.26. The first-order chi connectivity index (χ1) is 9.52. The third-order valence-electron chi connectivity index (χ3n) is 4.73. The predicted molar refractivity (Wildman–Crippen MR) is 91.3 cm³/mol. The van der Waals surface area contributed by atoms with Gasteiger partial charge in [0.05, 0.1) is 0 Å². The Balaban J connectivity index is 2.30. The summed E-state index contributed by atoms with van der Waals surface area (Å²) < 4.78 is 1.15. The molecule has 0 saturated carbocycles. The Kier molecular flexibility index (Phi) is 5.50. The molecule has 1 heterocycles. The number of piperidine rings is 1. The van der Waals surface area contributed by atoms with Gasteiger partial charge in [-0.3, -0.25) is 0 Å². The molecule has 0 radical (unpaired) electrons. The van der Waals surface area contributed by atoms with Crippen molar-refractivity contribution in [2.24, 2.45) is 11.7 Å². The summed E-state index contributed by atoms with van der Waals surface area (Å²) in [6.45, 7) is 8.05. The van der Waals surface area contributed by atoms with Gasteiger partial charge in [0.1, 0.15) is 0 Å². The van der Waals surface area contributed by atoms with E-state index in [0.717, 1.165) is 23.2 Å². The van der Waals surface area contributed by atoms with Crippen LogP contribution in [-0.2, 0) is 6.42 Å². The normalized spacial score (nSPS) is 24.8. The Morgan fingerprint density at radius 2 is 2.15 bits per heavy atom. The number of nitrogens with two attached hydrogens (primary N) is 1. The molecule has 1 aliphatic heterocycles. The minimum Gasteiger partial charge on any atom is -0.368 e. The summed E-state index contributed by atoms with van der Waals surface area (Å²) in [5, 5.41) is 0. The lowest BCUT2D eigenvalue weighted by Gasteiger charge is -2.41. The van der Waals surface area contributed by atoms with Crippen LogP contribution in [0.1, 0.15) is 45.6 Å². The van der Waals surface area contributed by atoms with E-state index in [9.17, 15) is 0 Å². The van der Waals surface area contributed by atoms with Crippen LogP contribution in [0, 0.1) is 5.92 Å². The number of hydrogen-bond acceptors (Lipinski definition) is 2. The fourth-order valence-corrected chi connectivity index (χ4v) is 3.51. The van der Waals surface area contributed by atoms with E-state index in [1.165, 1.54) is 30.6 Å². The maximum Gasteiger partial charge on any atom is 0.0402 e. The maximum absolute atomic E-state index is 6.18. The summed E-state index contributed by atoms with van der Waals surface area (Å²) in [5.41, 5.74) is 8.95. The van der Waals surface area contributed by atoms with Crippen molar-refractivity contribution in [3.63, 3.8) is 0 Å². The van der Waals surface area contributed by atoms with Crippen molar-refractivity contribution in [2.75, 3.05) is 11.4 Å². The monoisotopic (exact) mass is 338 g/mol. The van der Waals surface area contributed by atoms with Gasteiger partial charge in [0.25, 0.3) is 0 Å². The minimum absolute atomic E-state index is 0.251. The molecule has 1 saturated heterocycles. The minimum atomic E-state index is 0.251. The van der Waals surface area contributed by atoms with Gasteiger partial charge in [0.2, 0.25) is 0 Å². The van der Waals surface area contributed by atoms with Crippen molar-refractivity contribution >= 4 is 21.6 Å². The second kappa shape index (κ2) is 6.95. The van der Waals surface area contributed by atoms with Gasteiger partial charge >= 0.3 is 0 Å². The molecule has 3 unspecified atom stereocenters. The van der Waals surface area contributed by atoms with Crippen LogP contribution in [0.25, 0.3) is 0 Å². The van der Waals surface area contributed by atoms with E-state index in [4.69, 9.17) is 5.73 Å². The van der Waals surface area contributed by atoms with Crippen molar-refractivity contribution in [1.82, 2.24) is 0 Å². The molecule has 112 valence electrons. The van der Waals surface area contributed by atoms with E-state index in [2.05, 4.69) is 59.8 Å². The Morgan fingerprint density at radius 1 is 1.40 bits per heavy atom. The average molecular weight is 339 g/mol. The number of nitrogens with zero attached hydrogens (tertiary/aromatic N) is 1. The third-order valence-corrected chi connectivity index (χ3v) is 5.22. The van der Waals surface area contributed by atoms with E-state index >= 15 is 0 Å². The van der Waals surface area contributed by atoms with Gasteiger partial charge < -0.3 is 10.6 Å². The predicted octanol–water partition coefficient (Wildman–Crippen LogP) is 4.35. The zero-order chi connectivity index (χ0) is 14.7. The molecule has 3 atom stereocenters. The fraction of sp³-hybridized carbons (Fsp3) is 0.647. The first-order valence-electron chi connectivity index (χ1n) is 7.83. The van der Waals surface area contributed by atoms with Gasteiger partial charge in [0.15, 0.2) is 0 Å². The Bertz CT molecular complexity index is 447. The van der Waals surface area contributed by atoms with Crippen molar-refractivity contribution in [2.45, 2.75) is 58.5 Å². The molecule has 0 amide bonds. The summed E-state index contributed by atoms with van der Waals surface area (Å²) >= 11 is 3.60. The van der Waals surface area contributed by atoms with Crippen molar-refractivity contribution < 1.29 is 0 Å². The molecule has 2 N–H and O–H groups in total. The largest absolute Gasteiger partial charge is 0.368 e. The molecule has 0 aliphatic carbocycles. The maximum atomic E-state index is 6.18. The van der Waals surface area contributed by atoms with Crippen LogP contribution in [0.5, 0.6) is 0 Å². The fourth-order valence-electron chi connectivity index (χ4n) is 3.10. The molecule has 0 spiro atoms. The molecule has 1 fully saturated rings. The molecule has 1 aromatic rings. The summed E-state index contributed by atoms with van der Waals surface area (Å²) in [5.74, 6) is 0.764. The number of halogens is 1. The van der Waals surface area contributed by atoms with Crippen molar-refractivity contribution in [3.8, 4) is 0 Å². The summed E-state index contributed by atoms with van der Waals surface area (Å²) in [6, 6.07) is 7.53. The average Bonchev–Trinajstić information content (AvgIpc) is 2.42. The molecule has 2 rings (SSSR count). The molecular formula is C17H27BrN2. The second-order valence-electron chi connectivity index (χ2n) is 6.20. The summed E-state index contributed by atoms with van der Waals surface area (Å²) in [6.07, 6.45) is 4.62. The standard InChI is InChI=1S/C17H27BrN2/c1-4-16(19)11-14-10-15(18)7-8-17(14)20-9-5-6-12(2)13(20)3/h7-8,10,12-13,16H,4-6,9,11,19H2,1-3H3. The Morgan fingerprint density at radius 3 is 2.85 bits per heavy atom. The molecule has 0 bridgehead atoms. The molecule has 0 aromatic heterocycles. The van der Waals surface area contributed by atoms with E-state index in [-0.39, 0.29) is 6.04 Å². The van der Waals surface area contributed by atoms with Gasteiger partial charge in [-0.1, -0.05) is 29.8 Å². The third kappa shape index (κ3) is 3.56. The second-order valence-corrected chi connectivity index (χ2v) is 7.11. The SMILES string of the molecule is CCC(N)Cc1cc(Br)ccc1N1CCCC(C)C1C. The lowest BCUT2D eigenvalue weighted by Crippen LogP contribution is -2.43. The van der Waals surface area contributed by atoms with E-state index < -0.39 is 0 Å². The zero-order valence-electron chi connectivity index (χ0n) is 12.9. The summed E-state index contributed by atoms with van der Waals surface area (Å²) in [7, 11) is 0. The molecule has 3 heteroatoms. The first-order valence-corrected chi connectivity index (χ1v) is 8.62. The van der Waals surface area contributed by atoms with Crippen molar-refractivity contribution in [3.05, 3.63) is 28.2 Å². The lowest BCUT2D eigenvalue weighted by atomic mass is 9.90. The zero-order valence-corrected chi connectivity index (χ0v) is 14.5. The quantitative estimate of drug-likeness (QED) is 0.883. The molecular weight excluding hydrogens is 312 g/mol. The molecule has 2 nitrogen and oxygen atoms in total. The summed E-state index contributed by atoms with van der Waals surface area (Å²) in [4.78, 5) is 2.58. The van der Waals surface area contributed by atoms with Crippen molar-refractivity contribution in [1.29, 1.82) is 0 Å². The van der Waals surface area contributed by atoms with Gasteiger partial charge in [-0.15, -0.1) is 0 Å². The lowest BCUT2D eigenvalue weighted by molar-refractivity contribution is 0.363. The van der Waals surface area contributed by atoms with Gasteiger partial charge in [0, 0.05) is 28.8 Å². The van der Waals surface area contributed by atoms with E-state index in [0.29, 0.717) is 6.04 Å². The van der Waals surface area contributed by atoms with Crippen LogP contribution >= 0.6 is 15.9 Å². The van der Waals surface area contributed by atoms with Gasteiger partial charge in [-0.2, -0.15) is 0 Å². The Labute approximate surface area is 131 Å². The van der Waals surface area contributed by atoms with Crippen LogP contribution in [0.2, 0.25) is 0 Å². The van der Waals surface area contributed by atoms with Crippen LogP contribution in [0.3, 0.4) is 0 Å². The Hall–Kier alpha value is -0.540. The molecule has 1 aromatic carbocycles. The highest BCUT2D eigenvalue weighted by atomic mass is 79.9. The highest BCUT2D eigenvalue weighted by Crippen LogP contribution is 2.33. The van der Waals surface area contributed by atoms with Crippen LogP contribution in [-0.4, -0.2) is 18.6 Å². The first kappa shape index (κ1) is 15.8. The number of hydrogen-bond donors (Lipinski definition) is 1. The highest BCUT2D eigenvalue weighted by molar-refractivity contribution is 9.10. The number of anilines is 1. The van der Waals surface area contributed by atoms with E-state index in [1.54, 1.807) is 0 Å². The number of benzene rings is 1. The van der Waals surface area contributed by atoms with E-state index in [1.807, 2.05) is 0 Å².